The number of aromatic nitrogens is 2. The molecule has 2 aromatic heterocycles. The number of nitrogens with zero attached hydrogens (tertiary/aromatic N) is 2. The van der Waals surface area contributed by atoms with Crippen molar-refractivity contribution in [2.24, 2.45) is 0 Å². The second-order valence-electron chi connectivity index (χ2n) is 8.13. The van der Waals surface area contributed by atoms with E-state index in [-0.39, 0.29) is 15.5 Å². The molecule has 2 heterocycles. The third-order valence-corrected chi connectivity index (χ3v) is 9.00. The molecule has 9 nitrogen and oxygen atoms in total. The Morgan fingerprint density at radius 1 is 1.24 bits per heavy atom. The molecule has 3 rings (SSSR count). The van der Waals surface area contributed by atoms with Gasteiger partial charge >= 0.3 is 199 Å². The number of carbonyl (C=O) groups excluding carboxylic acids is 1. The average Bonchev–Trinajstić information content (AvgIpc) is 3.25. The van der Waals surface area contributed by atoms with E-state index in [0.717, 1.165) is 11.1 Å². The van der Waals surface area contributed by atoms with Gasteiger partial charge < -0.3 is 0 Å². The minimum atomic E-state index is -4.17. The number of sulfonamides is 1. The zero-order valence-electron chi connectivity index (χ0n) is 18.9. The number of nitrogens with one attached hydrogen (secondary N) is 2. The monoisotopic (exact) mass is 538 g/mol. The summed E-state index contributed by atoms with van der Waals surface area (Å²) in [5.74, 6) is 0.471. The first kappa shape index (κ1) is 24.9. The van der Waals surface area contributed by atoms with E-state index in [9.17, 15) is 18.3 Å². The van der Waals surface area contributed by atoms with Gasteiger partial charge in [-0.2, -0.15) is 0 Å². The number of ether oxygens (including phenoxy) is 1. The number of anilines is 1. The van der Waals surface area contributed by atoms with E-state index in [0.29, 0.717) is 17.1 Å². The molecule has 0 unspecified atom stereocenters. The Labute approximate surface area is 199 Å². The molecule has 0 aliphatic carbocycles. The molecule has 0 radical (unpaired) electrons. The van der Waals surface area contributed by atoms with Crippen LogP contribution in [0.25, 0.3) is 11.1 Å². The number of pyridine rings is 1. The number of urea groups is 1. The molecule has 11 heteroatoms. The number of benzene rings is 1. The summed E-state index contributed by atoms with van der Waals surface area (Å²) >= 11 is -0.629. The van der Waals surface area contributed by atoms with Crippen LogP contribution >= 0.6 is 0 Å². The third-order valence-electron chi connectivity index (χ3n) is 4.78. The fourth-order valence-electron chi connectivity index (χ4n) is 3.09. The van der Waals surface area contributed by atoms with Crippen molar-refractivity contribution in [3.63, 3.8) is 0 Å². The van der Waals surface area contributed by atoms with Crippen LogP contribution in [0, 0.1) is 0 Å². The van der Waals surface area contributed by atoms with Crippen LogP contribution < -0.4 is 14.8 Å². The molecule has 33 heavy (non-hydrogen) atoms. The third kappa shape index (κ3) is 5.80. The topological polar surface area (TPSA) is 131 Å². The molecule has 0 spiro atoms. The summed E-state index contributed by atoms with van der Waals surface area (Å²) in [7, 11) is -2.66. The molecule has 0 aliphatic heterocycles. The van der Waals surface area contributed by atoms with Crippen LogP contribution in [0.1, 0.15) is 44.9 Å². The van der Waals surface area contributed by atoms with Crippen LogP contribution in [0.15, 0.2) is 45.4 Å². The van der Waals surface area contributed by atoms with E-state index in [4.69, 9.17) is 4.74 Å². The quantitative estimate of drug-likeness (QED) is 0.395. The van der Waals surface area contributed by atoms with E-state index in [2.05, 4.69) is 15.3 Å². The first-order chi connectivity index (χ1) is 15.4. The van der Waals surface area contributed by atoms with Gasteiger partial charge in [-0.05, 0) is 0 Å². The standard InChI is InChI=1S/C22H26N4O5SSe/c1-13(2)15-7-6-8-16(14-9-10-23-18(11-14)31-5)19(15)25-20(27)26-32(29,30)21-24-17(12-33-21)22(3,4)28/h6-13,28H,1-5H3,(H2,25,26,27). The molecule has 0 saturated heterocycles. The molecule has 0 fully saturated rings. The minimum absolute atomic E-state index is 0.0571. The second-order valence-corrected chi connectivity index (χ2v) is 12.1. The Morgan fingerprint density at radius 3 is 2.58 bits per heavy atom. The van der Waals surface area contributed by atoms with E-state index in [1.807, 2.05) is 36.8 Å². The number of methoxy groups -OCH3 is 1. The SMILES string of the molecule is COc1cc(-c2cccc(C(C)C)c2NC(=O)NS(=O)(=O)c2nc(C(C)(C)O)c[se]2)ccn1. The van der Waals surface area contributed by atoms with Gasteiger partial charge in [-0.1, -0.05) is 0 Å². The zero-order chi connectivity index (χ0) is 24.4. The van der Waals surface area contributed by atoms with Gasteiger partial charge in [-0.15, -0.1) is 0 Å². The Balaban J connectivity index is 1.93. The van der Waals surface area contributed by atoms with Gasteiger partial charge in [0.25, 0.3) is 0 Å². The van der Waals surface area contributed by atoms with Crippen LogP contribution in [0.2, 0.25) is 0 Å². The van der Waals surface area contributed by atoms with Crippen molar-refractivity contribution in [1.82, 2.24) is 14.7 Å². The molecule has 0 aliphatic rings. The molecular formula is C22H26N4O5SSe. The van der Waals surface area contributed by atoms with E-state index in [1.54, 1.807) is 23.3 Å². The summed E-state index contributed by atoms with van der Waals surface area (Å²) in [6.07, 6.45) is 1.60. The van der Waals surface area contributed by atoms with E-state index >= 15 is 0 Å². The maximum atomic E-state index is 12.8. The summed E-state index contributed by atoms with van der Waals surface area (Å²) in [6.45, 7) is 7.00. The van der Waals surface area contributed by atoms with Crippen molar-refractivity contribution >= 4 is 36.2 Å². The fraction of sp³-hybridized carbons (Fsp3) is 0.318. The fourth-order valence-corrected chi connectivity index (χ4v) is 6.60. The zero-order valence-corrected chi connectivity index (χ0v) is 21.4. The number of hydrogen-bond acceptors (Lipinski definition) is 7. The van der Waals surface area contributed by atoms with Crippen LogP contribution in [0.4, 0.5) is 10.5 Å². The number of amides is 2. The summed E-state index contributed by atoms with van der Waals surface area (Å²) in [6, 6.07) is 8.19. The molecule has 1 aromatic carbocycles. The number of aliphatic hydroxyl groups is 1. The predicted octanol–water partition coefficient (Wildman–Crippen LogP) is 3.07. The molecule has 176 valence electrons. The van der Waals surface area contributed by atoms with E-state index < -0.39 is 36.2 Å². The van der Waals surface area contributed by atoms with Crippen LogP contribution in [0.3, 0.4) is 0 Å². The molecule has 0 saturated carbocycles. The van der Waals surface area contributed by atoms with Crippen LogP contribution in [-0.4, -0.2) is 51.1 Å². The summed E-state index contributed by atoms with van der Waals surface area (Å²) in [5.41, 5.74) is 1.78. The van der Waals surface area contributed by atoms with Gasteiger partial charge in [0.05, 0.1) is 0 Å². The number of carbonyl (C=O) groups is 1. The van der Waals surface area contributed by atoms with E-state index in [1.165, 1.54) is 21.0 Å². The van der Waals surface area contributed by atoms with Crippen molar-refractivity contribution < 1.29 is 23.1 Å². The maximum absolute atomic E-state index is 12.8. The summed E-state index contributed by atoms with van der Waals surface area (Å²) < 4.78 is 32.6. The Kier molecular flexibility index (Phi) is 7.28. The summed E-state index contributed by atoms with van der Waals surface area (Å²) in [5, 5.41) is 12.8. The molecular weight excluding hydrogens is 511 g/mol. The van der Waals surface area contributed by atoms with Crippen LogP contribution in [0.5, 0.6) is 5.88 Å². The predicted molar refractivity (Wildman–Crippen MR) is 126 cm³/mol. The first-order valence-electron chi connectivity index (χ1n) is 10.1. The Bertz CT molecular complexity index is 1270. The first-order valence-corrected chi connectivity index (χ1v) is 13.4. The van der Waals surface area contributed by atoms with Crippen molar-refractivity contribution in [2.45, 2.75) is 43.1 Å². The number of rotatable bonds is 7. The molecule has 3 aromatic rings. The van der Waals surface area contributed by atoms with Crippen molar-refractivity contribution in [3.8, 4) is 17.0 Å². The summed E-state index contributed by atoms with van der Waals surface area (Å²) in [4.78, 5) is 22.5. The average molecular weight is 538 g/mol. The van der Waals surface area contributed by atoms with Gasteiger partial charge in [-0.25, -0.2) is 0 Å². The van der Waals surface area contributed by atoms with Gasteiger partial charge in [-0.3, -0.25) is 0 Å². The van der Waals surface area contributed by atoms with Gasteiger partial charge in [0.15, 0.2) is 0 Å². The second kappa shape index (κ2) is 9.64. The normalized spacial score (nSPS) is 12.0. The van der Waals surface area contributed by atoms with Gasteiger partial charge in [0.1, 0.15) is 0 Å². The van der Waals surface area contributed by atoms with Crippen molar-refractivity contribution in [2.75, 3.05) is 12.4 Å². The Hall–Kier alpha value is -2.72. The molecule has 0 atom stereocenters. The molecule has 0 bridgehead atoms. The van der Waals surface area contributed by atoms with Gasteiger partial charge in [0, 0.05) is 0 Å². The number of hydrogen-bond donors (Lipinski definition) is 3. The molecule has 3 N–H and O–H groups in total. The molecule has 2 amide bonds. The Morgan fingerprint density at radius 2 is 1.97 bits per heavy atom. The van der Waals surface area contributed by atoms with Gasteiger partial charge in [0.2, 0.25) is 0 Å². The number of para-hydroxylation sites is 1. The van der Waals surface area contributed by atoms with Crippen LogP contribution in [-0.2, 0) is 15.6 Å². The van der Waals surface area contributed by atoms with Crippen molar-refractivity contribution in [3.05, 3.63) is 52.7 Å². The van der Waals surface area contributed by atoms with Crippen molar-refractivity contribution in [1.29, 1.82) is 0 Å².